The van der Waals surface area contributed by atoms with Gasteiger partial charge >= 0.3 is 0 Å². The first-order chi connectivity index (χ1) is 10.7. The van der Waals surface area contributed by atoms with Gasteiger partial charge in [0.15, 0.2) is 0 Å². The van der Waals surface area contributed by atoms with Gasteiger partial charge < -0.3 is 5.11 Å². The second-order valence-electron chi connectivity index (χ2n) is 4.91. The summed E-state index contributed by atoms with van der Waals surface area (Å²) < 4.78 is 66.5. The standard InChI is InChI=1S/C15H14F3NO3S/c1-9-5-6-10(7-13(9)18)23(21,22)19-8-14(20)15-11(16)3-2-4-12(15)17/h2-7,14,19-20H,8H2,1H3. The molecule has 0 bridgehead atoms. The molecule has 1 atom stereocenters. The Morgan fingerprint density at radius 2 is 1.70 bits per heavy atom. The number of aliphatic hydroxyl groups is 1. The van der Waals surface area contributed by atoms with Gasteiger partial charge in [-0.3, -0.25) is 0 Å². The van der Waals surface area contributed by atoms with Crippen molar-refractivity contribution in [3.05, 3.63) is 65.0 Å². The van der Waals surface area contributed by atoms with Crippen LogP contribution in [0, 0.1) is 24.4 Å². The Morgan fingerprint density at radius 1 is 1.09 bits per heavy atom. The van der Waals surface area contributed by atoms with Crippen LogP contribution in [0.25, 0.3) is 0 Å². The molecular formula is C15H14F3NO3S. The van der Waals surface area contributed by atoms with Crippen LogP contribution in [0.5, 0.6) is 0 Å². The molecule has 0 aliphatic rings. The molecular weight excluding hydrogens is 331 g/mol. The highest BCUT2D eigenvalue weighted by Crippen LogP contribution is 2.21. The van der Waals surface area contributed by atoms with Crippen LogP contribution in [-0.4, -0.2) is 20.1 Å². The number of nitrogens with one attached hydrogen (secondary N) is 1. The number of aryl methyl sites for hydroxylation is 1. The molecule has 0 amide bonds. The molecule has 0 aromatic heterocycles. The molecule has 0 aliphatic carbocycles. The Balaban J connectivity index is 2.17. The van der Waals surface area contributed by atoms with Crippen LogP contribution < -0.4 is 4.72 Å². The molecule has 124 valence electrons. The van der Waals surface area contributed by atoms with Crippen molar-refractivity contribution in [3.8, 4) is 0 Å². The van der Waals surface area contributed by atoms with Crippen LogP contribution in [0.1, 0.15) is 17.2 Å². The van der Waals surface area contributed by atoms with E-state index in [-0.39, 0.29) is 10.5 Å². The molecule has 2 aromatic carbocycles. The Labute approximate surface area is 131 Å². The summed E-state index contributed by atoms with van der Waals surface area (Å²) in [6, 6.07) is 6.33. The largest absolute Gasteiger partial charge is 0.387 e. The Hall–Kier alpha value is -1.90. The summed E-state index contributed by atoms with van der Waals surface area (Å²) in [6.45, 7) is 0.819. The van der Waals surface area contributed by atoms with E-state index in [1.807, 2.05) is 4.72 Å². The molecule has 0 saturated carbocycles. The van der Waals surface area contributed by atoms with Crippen molar-refractivity contribution in [2.75, 3.05) is 6.54 Å². The Kier molecular flexibility index (Phi) is 5.08. The molecule has 4 nitrogen and oxygen atoms in total. The summed E-state index contributed by atoms with van der Waals surface area (Å²) in [6.07, 6.45) is -1.72. The average molecular weight is 345 g/mol. The lowest BCUT2D eigenvalue weighted by Gasteiger charge is -2.14. The van der Waals surface area contributed by atoms with E-state index in [4.69, 9.17) is 0 Å². The molecule has 8 heteroatoms. The highest BCUT2D eigenvalue weighted by Gasteiger charge is 2.21. The zero-order valence-electron chi connectivity index (χ0n) is 12.1. The number of halogens is 3. The molecule has 0 heterocycles. The summed E-state index contributed by atoms with van der Waals surface area (Å²) in [4.78, 5) is -0.346. The molecule has 1 unspecified atom stereocenters. The zero-order valence-corrected chi connectivity index (χ0v) is 12.9. The number of benzene rings is 2. The minimum absolute atomic E-state index is 0.275. The summed E-state index contributed by atoms with van der Waals surface area (Å²) in [7, 11) is -4.12. The van der Waals surface area contributed by atoms with E-state index in [0.29, 0.717) is 0 Å². The summed E-state index contributed by atoms with van der Waals surface area (Å²) in [5, 5.41) is 9.81. The van der Waals surface area contributed by atoms with Crippen molar-refractivity contribution >= 4 is 10.0 Å². The van der Waals surface area contributed by atoms with Crippen LogP contribution >= 0.6 is 0 Å². The summed E-state index contributed by atoms with van der Waals surface area (Å²) in [5.74, 6) is -2.68. The third kappa shape index (κ3) is 3.90. The summed E-state index contributed by atoms with van der Waals surface area (Å²) in [5.41, 5.74) is -0.359. The fraction of sp³-hybridized carbons (Fsp3) is 0.200. The molecule has 2 N–H and O–H groups in total. The van der Waals surface area contributed by atoms with Gasteiger partial charge in [-0.15, -0.1) is 0 Å². The van der Waals surface area contributed by atoms with Gasteiger partial charge in [0.05, 0.1) is 16.6 Å². The van der Waals surface area contributed by atoms with Gasteiger partial charge in [0.25, 0.3) is 0 Å². The van der Waals surface area contributed by atoms with Gasteiger partial charge in [-0.05, 0) is 36.8 Å². The van der Waals surface area contributed by atoms with Gasteiger partial charge in [0, 0.05) is 6.54 Å². The molecule has 23 heavy (non-hydrogen) atoms. The van der Waals surface area contributed by atoms with E-state index in [1.165, 1.54) is 19.1 Å². The zero-order chi connectivity index (χ0) is 17.2. The Morgan fingerprint density at radius 3 is 2.26 bits per heavy atom. The first-order valence-electron chi connectivity index (χ1n) is 6.60. The molecule has 0 radical (unpaired) electrons. The third-order valence-electron chi connectivity index (χ3n) is 3.25. The van der Waals surface area contributed by atoms with Crippen molar-refractivity contribution in [1.29, 1.82) is 0 Å². The van der Waals surface area contributed by atoms with Crippen molar-refractivity contribution in [3.63, 3.8) is 0 Å². The van der Waals surface area contributed by atoms with Crippen LogP contribution in [0.2, 0.25) is 0 Å². The molecule has 2 rings (SSSR count). The van der Waals surface area contributed by atoms with Crippen molar-refractivity contribution in [2.24, 2.45) is 0 Å². The van der Waals surface area contributed by atoms with Crippen LogP contribution in [0.3, 0.4) is 0 Å². The maximum absolute atomic E-state index is 13.5. The maximum atomic E-state index is 13.5. The minimum atomic E-state index is -4.12. The van der Waals surface area contributed by atoms with Crippen LogP contribution in [-0.2, 0) is 10.0 Å². The monoisotopic (exact) mass is 345 g/mol. The van der Waals surface area contributed by atoms with Gasteiger partial charge in [0.1, 0.15) is 17.5 Å². The number of hydrogen-bond acceptors (Lipinski definition) is 3. The average Bonchev–Trinajstić information content (AvgIpc) is 2.48. The topological polar surface area (TPSA) is 66.4 Å². The highest BCUT2D eigenvalue weighted by molar-refractivity contribution is 7.89. The number of sulfonamides is 1. The Bertz CT molecular complexity index is 804. The van der Waals surface area contributed by atoms with Crippen LogP contribution in [0.15, 0.2) is 41.3 Å². The molecule has 0 fully saturated rings. The lowest BCUT2D eigenvalue weighted by atomic mass is 10.1. The van der Waals surface area contributed by atoms with E-state index in [0.717, 1.165) is 24.3 Å². The lowest BCUT2D eigenvalue weighted by Crippen LogP contribution is -2.29. The molecule has 0 aliphatic heterocycles. The second-order valence-corrected chi connectivity index (χ2v) is 6.68. The third-order valence-corrected chi connectivity index (χ3v) is 4.67. The highest BCUT2D eigenvalue weighted by atomic mass is 32.2. The van der Waals surface area contributed by atoms with E-state index in [2.05, 4.69) is 0 Å². The van der Waals surface area contributed by atoms with E-state index in [9.17, 15) is 26.7 Å². The van der Waals surface area contributed by atoms with E-state index < -0.39 is 45.7 Å². The number of aliphatic hydroxyl groups excluding tert-OH is 1. The van der Waals surface area contributed by atoms with Gasteiger partial charge in [-0.1, -0.05) is 12.1 Å². The molecule has 0 spiro atoms. The van der Waals surface area contributed by atoms with Crippen LogP contribution in [0.4, 0.5) is 13.2 Å². The van der Waals surface area contributed by atoms with Gasteiger partial charge in [-0.2, -0.15) is 0 Å². The number of rotatable bonds is 5. The van der Waals surface area contributed by atoms with E-state index >= 15 is 0 Å². The smallest absolute Gasteiger partial charge is 0.240 e. The summed E-state index contributed by atoms with van der Waals surface area (Å²) >= 11 is 0. The fourth-order valence-electron chi connectivity index (χ4n) is 1.94. The molecule has 2 aromatic rings. The maximum Gasteiger partial charge on any atom is 0.240 e. The number of hydrogen-bond donors (Lipinski definition) is 2. The van der Waals surface area contributed by atoms with E-state index in [1.54, 1.807) is 0 Å². The van der Waals surface area contributed by atoms with Crippen molar-refractivity contribution in [2.45, 2.75) is 17.9 Å². The first kappa shape index (κ1) is 17.5. The lowest BCUT2D eigenvalue weighted by molar-refractivity contribution is 0.172. The molecule has 0 saturated heterocycles. The predicted octanol–water partition coefficient (Wildman–Crippen LogP) is 2.42. The first-order valence-corrected chi connectivity index (χ1v) is 8.08. The normalized spacial score (nSPS) is 13.1. The second kappa shape index (κ2) is 6.69. The predicted molar refractivity (Wildman–Crippen MR) is 77.6 cm³/mol. The van der Waals surface area contributed by atoms with Gasteiger partial charge in [0.2, 0.25) is 10.0 Å². The fourth-order valence-corrected chi connectivity index (χ4v) is 2.99. The quantitative estimate of drug-likeness (QED) is 0.875. The SMILES string of the molecule is Cc1ccc(S(=O)(=O)NCC(O)c2c(F)cccc2F)cc1F. The van der Waals surface area contributed by atoms with Crippen molar-refractivity contribution in [1.82, 2.24) is 4.72 Å². The minimum Gasteiger partial charge on any atom is -0.387 e. The van der Waals surface area contributed by atoms with Gasteiger partial charge in [-0.25, -0.2) is 26.3 Å². The van der Waals surface area contributed by atoms with Crippen molar-refractivity contribution < 1.29 is 26.7 Å².